The molecule has 0 spiro atoms. The van der Waals surface area contributed by atoms with Crippen LogP contribution in [0.15, 0.2) is 73.0 Å². The maximum absolute atomic E-state index is 12.9. The Hall–Kier alpha value is -1.77. The van der Waals surface area contributed by atoms with Gasteiger partial charge in [-0.1, -0.05) is 30.4 Å². The molecule has 0 saturated heterocycles. The first-order chi connectivity index (χ1) is 24.5. The first kappa shape index (κ1) is 50.4. The molecule has 0 unspecified atom stereocenters. The normalized spacial score (nSPS) is 24.4. The summed E-state index contributed by atoms with van der Waals surface area (Å²) >= 11 is 0. The quantitative estimate of drug-likeness (QED) is 0.0569. The molecule has 0 radical (unpaired) electrons. The second-order valence-corrected chi connectivity index (χ2v) is 19.3. The summed E-state index contributed by atoms with van der Waals surface area (Å²) in [5.41, 5.74) is -7.15. The number of pyridine rings is 1. The van der Waals surface area contributed by atoms with E-state index >= 15 is 0 Å². The van der Waals surface area contributed by atoms with Gasteiger partial charge in [-0.3, -0.25) is 23.2 Å². The average molecular weight is 978 g/mol. The van der Waals surface area contributed by atoms with Crippen LogP contribution in [0.1, 0.15) is 13.0 Å². The number of hydrogen-bond acceptors (Lipinski definition) is 25. The van der Waals surface area contributed by atoms with E-state index in [9.17, 15) is 67.3 Å². The Morgan fingerprint density at radius 1 is 0.518 bits per heavy atom. The average Bonchev–Trinajstić information content (AvgIpc) is 2.90. The predicted octanol–water partition coefficient (Wildman–Crippen LogP) is -5.93. The van der Waals surface area contributed by atoms with Crippen molar-refractivity contribution in [2.45, 2.75) is 29.3 Å². The Labute approximate surface area is 341 Å². The molecular formula is C18H20NNaO28S8. The van der Waals surface area contributed by atoms with E-state index in [0.717, 1.165) is 18.3 Å². The van der Waals surface area contributed by atoms with Gasteiger partial charge in [-0.15, -0.1) is 14.5 Å². The molecule has 0 aliphatic heterocycles. The van der Waals surface area contributed by atoms with Gasteiger partial charge in [0, 0.05) is 6.20 Å². The maximum Gasteiger partial charge on any atom is 1.00 e. The third kappa shape index (κ3) is 16.1. The Balaban J connectivity index is 0.00000812. The summed E-state index contributed by atoms with van der Waals surface area (Å²) in [4.78, 5) is 3.88. The molecule has 2 aliphatic carbocycles. The zero-order chi connectivity index (χ0) is 42.2. The Kier molecular flexibility index (Phi) is 15.7. The fourth-order valence-electron chi connectivity index (χ4n) is 4.41. The summed E-state index contributed by atoms with van der Waals surface area (Å²) in [6.07, 6.45) is -0.133. The maximum atomic E-state index is 12.9. The van der Waals surface area contributed by atoms with E-state index in [0.29, 0.717) is 48.6 Å². The van der Waals surface area contributed by atoms with Gasteiger partial charge >= 0.3 is 113 Å². The predicted molar refractivity (Wildman–Crippen MR) is 168 cm³/mol. The van der Waals surface area contributed by atoms with Gasteiger partial charge in [0.2, 0.25) is 0 Å². The van der Waals surface area contributed by atoms with Crippen molar-refractivity contribution in [1.29, 1.82) is 0 Å². The van der Waals surface area contributed by atoms with E-state index in [4.69, 9.17) is 26.6 Å². The zero-order valence-electron chi connectivity index (χ0n) is 27.5. The molecule has 0 bridgehead atoms. The largest absolute Gasteiger partial charge is 1.00 e. The van der Waals surface area contributed by atoms with Crippen LogP contribution in [0.3, 0.4) is 0 Å². The van der Waals surface area contributed by atoms with Crippen LogP contribution in [0.25, 0.3) is 0 Å². The summed E-state index contributed by atoms with van der Waals surface area (Å²) in [7, 11) is -47.4. The van der Waals surface area contributed by atoms with Crippen molar-refractivity contribution in [3.05, 3.63) is 78.7 Å². The minimum atomic E-state index is -6.20. The van der Waals surface area contributed by atoms with E-state index in [1.807, 2.05) is 0 Å². The van der Waals surface area contributed by atoms with Crippen LogP contribution in [-0.2, 0) is 114 Å². The summed E-state index contributed by atoms with van der Waals surface area (Å²) in [5, 5.41) is 0. The molecule has 0 aromatic carbocycles. The SMILES string of the molecule is O=S(=O)(O)OS(=O)(=O)OC1C=CC(OS(=O)(=O)OS(=O)(=O)O)(C(c2ccccn2)C2(OS(=O)(=O)OS(=O)(=O)O)C=CC(OS(=O)(=O)OS(=O)(=O)O)C=C2)C=C1.[H-].[Na+]. The summed E-state index contributed by atoms with van der Waals surface area (Å²) < 4.78 is 257. The molecule has 3 rings (SSSR count). The molecule has 314 valence electrons. The Morgan fingerprint density at radius 2 is 0.821 bits per heavy atom. The number of rotatable bonds is 19. The van der Waals surface area contributed by atoms with E-state index in [-0.39, 0.29) is 31.0 Å². The second kappa shape index (κ2) is 17.4. The number of hydrogen-bond donors (Lipinski definition) is 4. The fraction of sp³-hybridized carbons (Fsp3) is 0.278. The van der Waals surface area contributed by atoms with Crippen LogP contribution >= 0.6 is 0 Å². The number of nitrogens with zero attached hydrogens (tertiary/aromatic N) is 1. The van der Waals surface area contributed by atoms with E-state index in [2.05, 4.69) is 27.9 Å². The Bertz CT molecular complexity index is 2480. The van der Waals surface area contributed by atoms with Crippen LogP contribution in [0.5, 0.6) is 0 Å². The van der Waals surface area contributed by atoms with E-state index in [1.54, 1.807) is 0 Å². The molecule has 0 saturated carbocycles. The minimum Gasteiger partial charge on any atom is -1.00 e. The monoisotopic (exact) mass is 977 g/mol. The van der Waals surface area contributed by atoms with Crippen LogP contribution < -0.4 is 29.6 Å². The standard InChI is InChI=1S/C18H19NO28S8.Na.H/c20-48(21,22)44-52(32,33)40-13-4-8-17(9-5-13,42-54(36,37)46-50(26,27)28)16(15-3-1-2-12-19-15)18(43-55(38,39)47-51(29,30)31)10-6-14(7-11-18)41-53(34,35)45-49(23,24)25;;/h1-14,16H,(H,20,21,22)(H,23,24,25)(H,26,27,28)(H,29,30,31);;/q;+1;-1. The van der Waals surface area contributed by atoms with Crippen molar-refractivity contribution >= 4 is 83.2 Å². The van der Waals surface area contributed by atoms with Crippen molar-refractivity contribution in [3.8, 4) is 0 Å². The first-order valence-electron chi connectivity index (χ1n) is 12.7. The van der Waals surface area contributed by atoms with Crippen molar-refractivity contribution in [2.24, 2.45) is 0 Å². The second-order valence-electron chi connectivity index (χ2n) is 9.74. The fourth-order valence-corrected chi connectivity index (χ4v) is 10.2. The summed E-state index contributed by atoms with van der Waals surface area (Å²) in [6.45, 7) is 0. The van der Waals surface area contributed by atoms with Gasteiger partial charge in [-0.25, -0.2) is 16.7 Å². The molecule has 29 nitrogen and oxygen atoms in total. The van der Waals surface area contributed by atoms with Gasteiger partial charge in [0.15, 0.2) is 0 Å². The molecule has 1 heterocycles. The van der Waals surface area contributed by atoms with E-state index < -0.39 is 118 Å². The van der Waals surface area contributed by atoms with Gasteiger partial charge in [0.05, 0.1) is 11.6 Å². The smallest absolute Gasteiger partial charge is 1.00 e. The first-order valence-corrected chi connectivity index (χ1v) is 23.5. The molecule has 0 fully saturated rings. The van der Waals surface area contributed by atoms with Crippen LogP contribution in [0, 0.1) is 0 Å². The topological polar surface area (TPSA) is 441 Å². The zero-order valence-corrected chi connectivity index (χ0v) is 35.0. The molecule has 2 aliphatic rings. The van der Waals surface area contributed by atoms with Crippen LogP contribution in [-0.4, -0.2) is 114 Å². The summed E-state index contributed by atoms with van der Waals surface area (Å²) in [5.74, 6) is -2.51. The summed E-state index contributed by atoms with van der Waals surface area (Å²) in [6, 6.07) is 3.16. The van der Waals surface area contributed by atoms with Gasteiger partial charge in [0.25, 0.3) is 0 Å². The minimum absolute atomic E-state index is 0. The molecule has 56 heavy (non-hydrogen) atoms. The van der Waals surface area contributed by atoms with Gasteiger partial charge in [-0.2, -0.15) is 67.3 Å². The van der Waals surface area contributed by atoms with E-state index in [1.165, 1.54) is 6.07 Å². The molecule has 1 aromatic heterocycles. The van der Waals surface area contributed by atoms with Crippen LogP contribution in [0.4, 0.5) is 0 Å². The Morgan fingerprint density at radius 3 is 1.09 bits per heavy atom. The molecule has 0 amide bonds. The van der Waals surface area contributed by atoms with Gasteiger partial charge < -0.3 is 1.43 Å². The van der Waals surface area contributed by atoms with Crippen LogP contribution in [0.2, 0.25) is 0 Å². The molecule has 38 heteroatoms. The number of aromatic nitrogens is 1. The van der Waals surface area contributed by atoms with Crippen molar-refractivity contribution in [2.75, 3.05) is 0 Å². The third-order valence-electron chi connectivity index (χ3n) is 5.70. The van der Waals surface area contributed by atoms with Crippen molar-refractivity contribution in [1.82, 2.24) is 4.98 Å². The van der Waals surface area contributed by atoms with Crippen molar-refractivity contribution < 1.29 is 148 Å². The molecule has 0 atom stereocenters. The van der Waals surface area contributed by atoms with Gasteiger partial charge in [-0.05, 0) is 36.4 Å². The van der Waals surface area contributed by atoms with Crippen molar-refractivity contribution in [3.63, 3.8) is 0 Å². The third-order valence-corrected chi connectivity index (χ3v) is 13.0. The van der Waals surface area contributed by atoms with Gasteiger partial charge in [0.1, 0.15) is 23.4 Å². The molecule has 4 N–H and O–H groups in total. The molecular weight excluding hydrogens is 958 g/mol. The molecule has 1 aromatic rings.